The van der Waals surface area contributed by atoms with Gasteiger partial charge in [-0.3, -0.25) is 9.59 Å². The molecule has 3 aromatic rings. The number of nitrogens with zero attached hydrogens (tertiary/aromatic N) is 1. The zero-order valence-corrected chi connectivity index (χ0v) is 13.4. The maximum absolute atomic E-state index is 12.0. The van der Waals surface area contributed by atoms with Crippen molar-refractivity contribution in [2.45, 2.75) is 13.5 Å². The number of benzene rings is 2. The van der Waals surface area contributed by atoms with Gasteiger partial charge < -0.3 is 15.0 Å². The van der Waals surface area contributed by atoms with Gasteiger partial charge in [0, 0.05) is 17.1 Å². The smallest absolute Gasteiger partial charge is 0.289 e. The summed E-state index contributed by atoms with van der Waals surface area (Å²) in [6.45, 7) is 3.03. The molecule has 0 unspecified atom stereocenters. The highest BCUT2D eigenvalue weighted by atomic mass is 16.5. The summed E-state index contributed by atoms with van der Waals surface area (Å²) < 4.78 is 7.64. The van der Waals surface area contributed by atoms with Crippen molar-refractivity contribution < 1.29 is 14.3 Å². The lowest BCUT2D eigenvalue weighted by Crippen LogP contribution is -2.22. The third kappa shape index (κ3) is 3.15. The summed E-state index contributed by atoms with van der Waals surface area (Å²) in [7, 11) is 0. The van der Waals surface area contributed by atoms with Crippen LogP contribution in [0.2, 0.25) is 0 Å². The summed E-state index contributed by atoms with van der Waals surface area (Å²) in [6.07, 6.45) is 1.66. The molecule has 122 valence electrons. The van der Waals surface area contributed by atoms with Crippen LogP contribution in [0, 0.1) is 6.92 Å². The molecular weight excluding hydrogens is 304 g/mol. The number of aryl methyl sites for hydroxylation is 1. The Morgan fingerprint density at radius 1 is 1.08 bits per heavy atom. The van der Waals surface area contributed by atoms with E-state index in [4.69, 9.17) is 10.5 Å². The average Bonchev–Trinajstić information content (AvgIpc) is 2.95. The summed E-state index contributed by atoms with van der Waals surface area (Å²) in [5, 5.41) is 0.719. The lowest BCUT2D eigenvalue weighted by molar-refractivity contribution is -0.114. The lowest BCUT2D eigenvalue weighted by Gasteiger charge is -2.08. The third-order valence-electron chi connectivity index (χ3n) is 3.88. The average molecular weight is 322 g/mol. The first kappa shape index (κ1) is 15.8. The minimum absolute atomic E-state index is 0.327. The van der Waals surface area contributed by atoms with E-state index < -0.39 is 11.7 Å². The molecule has 0 fully saturated rings. The van der Waals surface area contributed by atoms with Gasteiger partial charge in [-0.15, -0.1) is 0 Å². The maximum atomic E-state index is 12.0. The number of fused-ring (bicyclic) bond motifs is 1. The van der Waals surface area contributed by atoms with Crippen molar-refractivity contribution in [1.29, 1.82) is 0 Å². The fourth-order valence-corrected chi connectivity index (χ4v) is 2.64. The van der Waals surface area contributed by atoms with Gasteiger partial charge in [0.1, 0.15) is 12.4 Å². The van der Waals surface area contributed by atoms with Gasteiger partial charge >= 0.3 is 0 Å². The Kier molecular flexibility index (Phi) is 4.33. The van der Waals surface area contributed by atoms with Gasteiger partial charge in [-0.2, -0.15) is 0 Å². The number of primary amides is 1. The van der Waals surface area contributed by atoms with Crippen molar-refractivity contribution in [2.75, 3.05) is 6.61 Å². The molecule has 24 heavy (non-hydrogen) atoms. The molecule has 2 N–H and O–H groups in total. The molecule has 0 spiro atoms. The Morgan fingerprint density at radius 2 is 1.79 bits per heavy atom. The minimum atomic E-state index is -0.950. The number of Topliss-reactive ketones (excluding diaryl/α,β-unsaturated/α-hetero) is 1. The molecule has 0 saturated heterocycles. The summed E-state index contributed by atoms with van der Waals surface area (Å²) in [5.41, 5.74) is 7.51. The van der Waals surface area contributed by atoms with E-state index in [0.29, 0.717) is 18.7 Å². The second-order valence-electron chi connectivity index (χ2n) is 5.61. The molecule has 0 aliphatic carbocycles. The predicted molar refractivity (Wildman–Crippen MR) is 92.1 cm³/mol. The second-order valence-corrected chi connectivity index (χ2v) is 5.61. The molecule has 0 atom stereocenters. The number of nitrogens with two attached hydrogens (primary N) is 1. The Balaban J connectivity index is 1.80. The number of rotatable bonds is 6. The molecule has 2 aromatic carbocycles. The zero-order valence-electron chi connectivity index (χ0n) is 13.4. The van der Waals surface area contributed by atoms with Gasteiger partial charge in [0.15, 0.2) is 0 Å². The molecule has 1 heterocycles. The SMILES string of the molecule is Cc1ccc(OCCn2cc(C(=O)C(N)=O)c3ccccc32)cc1. The summed E-state index contributed by atoms with van der Waals surface area (Å²) in [6, 6.07) is 15.2. The normalized spacial score (nSPS) is 10.7. The van der Waals surface area contributed by atoms with Gasteiger partial charge in [0.25, 0.3) is 11.7 Å². The monoisotopic (exact) mass is 322 g/mol. The van der Waals surface area contributed by atoms with Crippen molar-refractivity contribution in [2.24, 2.45) is 5.73 Å². The molecular formula is C19H18N2O3. The van der Waals surface area contributed by atoms with Crippen LogP contribution in [-0.2, 0) is 11.3 Å². The van der Waals surface area contributed by atoms with Crippen LogP contribution in [0.3, 0.4) is 0 Å². The van der Waals surface area contributed by atoms with E-state index in [2.05, 4.69) is 0 Å². The van der Waals surface area contributed by atoms with Crippen LogP contribution in [-0.4, -0.2) is 22.9 Å². The van der Waals surface area contributed by atoms with Crippen molar-refractivity contribution in [3.05, 3.63) is 65.9 Å². The first-order valence-corrected chi connectivity index (χ1v) is 7.68. The number of carbonyl (C=O) groups excluding carboxylic acids is 2. The van der Waals surface area contributed by atoms with E-state index in [1.54, 1.807) is 6.20 Å². The number of amides is 1. The van der Waals surface area contributed by atoms with Crippen LogP contribution in [0.5, 0.6) is 5.75 Å². The summed E-state index contributed by atoms with van der Waals surface area (Å²) >= 11 is 0. The van der Waals surface area contributed by atoms with Gasteiger partial charge in [-0.05, 0) is 25.1 Å². The number of hydrogen-bond donors (Lipinski definition) is 1. The topological polar surface area (TPSA) is 74.3 Å². The van der Waals surface area contributed by atoms with Crippen LogP contribution in [0.4, 0.5) is 0 Å². The van der Waals surface area contributed by atoms with Crippen molar-refractivity contribution >= 4 is 22.6 Å². The Morgan fingerprint density at radius 3 is 2.50 bits per heavy atom. The molecule has 1 aromatic heterocycles. The summed E-state index contributed by atoms with van der Waals surface area (Å²) in [4.78, 5) is 23.2. The van der Waals surface area contributed by atoms with Gasteiger partial charge in [-0.1, -0.05) is 35.9 Å². The molecule has 5 nitrogen and oxygen atoms in total. The first-order chi connectivity index (χ1) is 11.6. The quantitative estimate of drug-likeness (QED) is 0.560. The van der Waals surface area contributed by atoms with E-state index >= 15 is 0 Å². The largest absolute Gasteiger partial charge is 0.492 e. The highest BCUT2D eigenvalue weighted by Gasteiger charge is 2.18. The molecule has 1 amide bonds. The van der Waals surface area contributed by atoms with Crippen LogP contribution in [0.25, 0.3) is 10.9 Å². The number of aromatic nitrogens is 1. The standard InChI is InChI=1S/C19H18N2O3/c1-13-6-8-14(9-7-13)24-11-10-21-12-16(18(22)19(20)23)15-4-2-3-5-17(15)21/h2-9,12H,10-11H2,1H3,(H2,20,23). The Labute approximate surface area is 139 Å². The molecule has 0 aliphatic rings. The molecule has 0 radical (unpaired) electrons. The van der Waals surface area contributed by atoms with Crippen LogP contribution < -0.4 is 10.5 Å². The number of ether oxygens (including phenoxy) is 1. The Bertz CT molecular complexity index is 895. The highest BCUT2D eigenvalue weighted by molar-refractivity contribution is 6.44. The fourth-order valence-electron chi connectivity index (χ4n) is 2.64. The molecule has 0 saturated carbocycles. The number of ketones is 1. The van der Waals surface area contributed by atoms with Gasteiger partial charge in [0.2, 0.25) is 0 Å². The predicted octanol–water partition coefficient (Wildman–Crippen LogP) is 2.70. The third-order valence-corrected chi connectivity index (χ3v) is 3.88. The first-order valence-electron chi connectivity index (χ1n) is 7.68. The molecule has 3 rings (SSSR count). The van der Waals surface area contributed by atoms with E-state index in [0.717, 1.165) is 16.7 Å². The second kappa shape index (κ2) is 6.58. The van der Waals surface area contributed by atoms with E-state index in [1.807, 2.05) is 60.0 Å². The summed E-state index contributed by atoms with van der Waals surface area (Å²) in [5.74, 6) is -0.830. The Hall–Kier alpha value is -3.08. The number of para-hydroxylation sites is 1. The van der Waals surface area contributed by atoms with Crippen LogP contribution in [0.15, 0.2) is 54.7 Å². The number of carbonyl (C=O) groups is 2. The van der Waals surface area contributed by atoms with Crippen molar-refractivity contribution in [1.82, 2.24) is 4.57 Å². The zero-order chi connectivity index (χ0) is 17.1. The van der Waals surface area contributed by atoms with Gasteiger partial charge in [-0.25, -0.2) is 0 Å². The van der Waals surface area contributed by atoms with E-state index in [-0.39, 0.29) is 0 Å². The lowest BCUT2D eigenvalue weighted by atomic mass is 10.1. The van der Waals surface area contributed by atoms with Crippen LogP contribution >= 0.6 is 0 Å². The van der Waals surface area contributed by atoms with Gasteiger partial charge in [0.05, 0.1) is 12.1 Å². The maximum Gasteiger partial charge on any atom is 0.289 e. The number of hydrogen-bond acceptors (Lipinski definition) is 3. The molecule has 0 bridgehead atoms. The fraction of sp³-hybridized carbons (Fsp3) is 0.158. The highest BCUT2D eigenvalue weighted by Crippen LogP contribution is 2.22. The van der Waals surface area contributed by atoms with Crippen molar-refractivity contribution in [3.8, 4) is 5.75 Å². The van der Waals surface area contributed by atoms with E-state index in [9.17, 15) is 9.59 Å². The van der Waals surface area contributed by atoms with Crippen molar-refractivity contribution in [3.63, 3.8) is 0 Å². The molecule has 5 heteroatoms. The van der Waals surface area contributed by atoms with E-state index in [1.165, 1.54) is 5.56 Å². The van der Waals surface area contributed by atoms with Crippen LogP contribution in [0.1, 0.15) is 15.9 Å². The minimum Gasteiger partial charge on any atom is -0.492 e. The molecule has 0 aliphatic heterocycles.